The van der Waals surface area contributed by atoms with Crippen LogP contribution in [-0.4, -0.2) is 34.3 Å². The Kier molecular flexibility index (Phi) is 2.37. The SMILES string of the molecule is Cc1cc2ncnn2cc1Nc1ncc2c(cnn2C)n1. The van der Waals surface area contributed by atoms with E-state index >= 15 is 0 Å². The molecule has 8 nitrogen and oxygen atoms in total. The molecule has 0 unspecified atom stereocenters. The fraction of sp³-hybridized carbons (Fsp3) is 0.154. The van der Waals surface area contributed by atoms with Crippen molar-refractivity contribution in [3.05, 3.63) is 36.5 Å². The third-order valence-electron chi connectivity index (χ3n) is 3.37. The maximum atomic E-state index is 4.45. The van der Waals surface area contributed by atoms with Gasteiger partial charge in [0.15, 0.2) is 5.65 Å². The topological polar surface area (TPSA) is 85.8 Å². The van der Waals surface area contributed by atoms with Crippen molar-refractivity contribution in [1.82, 2.24) is 34.3 Å². The largest absolute Gasteiger partial charge is 0.323 e. The van der Waals surface area contributed by atoms with Crippen molar-refractivity contribution in [3.63, 3.8) is 0 Å². The van der Waals surface area contributed by atoms with Crippen LogP contribution in [-0.2, 0) is 7.05 Å². The maximum Gasteiger partial charge on any atom is 0.227 e. The Morgan fingerprint density at radius 3 is 2.95 bits per heavy atom. The van der Waals surface area contributed by atoms with Crippen LogP contribution >= 0.6 is 0 Å². The molecule has 0 bridgehead atoms. The average molecular weight is 280 g/mol. The maximum absolute atomic E-state index is 4.45. The molecule has 104 valence electrons. The monoisotopic (exact) mass is 280 g/mol. The van der Waals surface area contributed by atoms with Gasteiger partial charge in [-0.25, -0.2) is 19.5 Å². The summed E-state index contributed by atoms with van der Waals surface area (Å²) in [5.74, 6) is 0.526. The first kappa shape index (κ1) is 11.8. The predicted octanol–water partition coefficient (Wildman–Crippen LogP) is 1.46. The van der Waals surface area contributed by atoms with Crippen LogP contribution in [0.3, 0.4) is 0 Å². The van der Waals surface area contributed by atoms with E-state index < -0.39 is 0 Å². The van der Waals surface area contributed by atoms with Gasteiger partial charge in [0.05, 0.1) is 24.3 Å². The van der Waals surface area contributed by atoms with Crippen LogP contribution in [0.25, 0.3) is 16.7 Å². The van der Waals surface area contributed by atoms with Crippen LogP contribution in [0.5, 0.6) is 0 Å². The molecular weight excluding hydrogens is 268 g/mol. The third kappa shape index (κ3) is 1.88. The summed E-state index contributed by atoms with van der Waals surface area (Å²) in [6, 6.07) is 1.96. The van der Waals surface area contributed by atoms with Gasteiger partial charge < -0.3 is 5.32 Å². The number of aryl methyl sites for hydroxylation is 2. The van der Waals surface area contributed by atoms with Crippen molar-refractivity contribution in [2.75, 3.05) is 5.32 Å². The van der Waals surface area contributed by atoms with Gasteiger partial charge in [-0.1, -0.05) is 0 Å². The molecule has 1 N–H and O–H groups in total. The minimum absolute atomic E-state index is 0.526. The highest BCUT2D eigenvalue weighted by Gasteiger charge is 2.07. The molecule has 0 fully saturated rings. The predicted molar refractivity (Wildman–Crippen MR) is 77.3 cm³/mol. The minimum Gasteiger partial charge on any atom is -0.323 e. The molecule has 8 heteroatoms. The molecule has 0 amide bonds. The van der Waals surface area contributed by atoms with Crippen LogP contribution in [0.15, 0.2) is 31.0 Å². The number of rotatable bonds is 2. The lowest BCUT2D eigenvalue weighted by Crippen LogP contribution is -2.01. The first-order chi connectivity index (χ1) is 10.2. The van der Waals surface area contributed by atoms with E-state index in [4.69, 9.17) is 0 Å². The molecule has 4 rings (SSSR count). The average Bonchev–Trinajstić information content (AvgIpc) is 3.06. The Morgan fingerprint density at radius 2 is 2.05 bits per heavy atom. The number of fused-ring (bicyclic) bond motifs is 2. The molecule has 0 aromatic carbocycles. The molecular formula is C13H12N8. The van der Waals surface area contributed by atoms with E-state index in [2.05, 4.69) is 30.5 Å². The van der Waals surface area contributed by atoms with Gasteiger partial charge in [0, 0.05) is 7.05 Å². The zero-order valence-corrected chi connectivity index (χ0v) is 11.5. The van der Waals surface area contributed by atoms with Crippen LogP contribution in [0, 0.1) is 6.92 Å². The molecule has 0 aliphatic rings. The molecule has 0 atom stereocenters. The first-order valence-electron chi connectivity index (χ1n) is 6.42. The van der Waals surface area contributed by atoms with E-state index in [0.29, 0.717) is 5.95 Å². The summed E-state index contributed by atoms with van der Waals surface area (Å²) < 4.78 is 3.45. The fourth-order valence-corrected chi connectivity index (χ4v) is 2.21. The highest BCUT2D eigenvalue weighted by molar-refractivity contribution is 5.75. The van der Waals surface area contributed by atoms with Gasteiger partial charge in [-0.15, -0.1) is 0 Å². The summed E-state index contributed by atoms with van der Waals surface area (Å²) in [6.07, 6.45) is 6.86. The van der Waals surface area contributed by atoms with E-state index in [1.165, 1.54) is 6.33 Å². The van der Waals surface area contributed by atoms with Gasteiger partial charge in [-0.05, 0) is 18.6 Å². The van der Waals surface area contributed by atoms with Gasteiger partial charge in [-0.2, -0.15) is 10.2 Å². The lowest BCUT2D eigenvalue weighted by atomic mass is 10.2. The van der Waals surface area contributed by atoms with Gasteiger partial charge in [0.25, 0.3) is 0 Å². The van der Waals surface area contributed by atoms with Gasteiger partial charge in [-0.3, -0.25) is 4.68 Å². The van der Waals surface area contributed by atoms with Crippen LogP contribution in [0.2, 0.25) is 0 Å². The zero-order valence-electron chi connectivity index (χ0n) is 11.5. The quantitative estimate of drug-likeness (QED) is 0.598. The van der Waals surface area contributed by atoms with Crippen LogP contribution in [0.4, 0.5) is 11.6 Å². The molecule has 4 aromatic rings. The Labute approximate surface area is 119 Å². The number of pyridine rings is 1. The van der Waals surface area contributed by atoms with Gasteiger partial charge in [0.1, 0.15) is 17.4 Å². The first-order valence-corrected chi connectivity index (χ1v) is 6.42. The zero-order chi connectivity index (χ0) is 14.4. The minimum atomic E-state index is 0.526. The fourth-order valence-electron chi connectivity index (χ4n) is 2.21. The van der Waals surface area contributed by atoms with Crippen molar-refractivity contribution < 1.29 is 0 Å². The van der Waals surface area contributed by atoms with Crippen LogP contribution < -0.4 is 5.32 Å². The smallest absolute Gasteiger partial charge is 0.227 e. The highest BCUT2D eigenvalue weighted by Crippen LogP contribution is 2.20. The molecule has 0 saturated heterocycles. The Hall–Kier alpha value is -3.03. The van der Waals surface area contributed by atoms with Gasteiger partial charge in [0.2, 0.25) is 5.95 Å². The third-order valence-corrected chi connectivity index (χ3v) is 3.37. The van der Waals surface area contributed by atoms with Crippen LogP contribution in [0.1, 0.15) is 5.56 Å². The standard InChI is InChI=1S/C13H12N8/c1-8-3-12-15-7-17-21(12)6-10(8)19-13-14-5-11-9(18-13)4-16-20(11)2/h3-7H,1-2H3,(H,14,18,19). The van der Waals surface area contributed by atoms with E-state index in [0.717, 1.165) is 27.9 Å². The van der Waals surface area contributed by atoms with Crippen molar-refractivity contribution >= 4 is 28.3 Å². The number of hydrogen-bond acceptors (Lipinski definition) is 6. The second-order valence-corrected chi connectivity index (χ2v) is 4.79. The Morgan fingerprint density at radius 1 is 1.14 bits per heavy atom. The van der Waals surface area contributed by atoms with Crippen molar-refractivity contribution in [1.29, 1.82) is 0 Å². The van der Waals surface area contributed by atoms with E-state index in [9.17, 15) is 0 Å². The summed E-state index contributed by atoms with van der Waals surface area (Å²) >= 11 is 0. The number of anilines is 2. The summed E-state index contributed by atoms with van der Waals surface area (Å²) in [5.41, 5.74) is 4.43. The summed E-state index contributed by atoms with van der Waals surface area (Å²) in [6.45, 7) is 2.00. The van der Waals surface area contributed by atoms with Crippen molar-refractivity contribution in [2.45, 2.75) is 6.92 Å². The second kappa shape index (κ2) is 4.23. The summed E-state index contributed by atoms with van der Waals surface area (Å²) in [5, 5.41) is 11.5. The Balaban J connectivity index is 1.76. The molecule has 0 aliphatic carbocycles. The lowest BCUT2D eigenvalue weighted by Gasteiger charge is -2.08. The second-order valence-electron chi connectivity index (χ2n) is 4.79. The van der Waals surface area contributed by atoms with Crippen molar-refractivity contribution in [2.24, 2.45) is 7.05 Å². The van der Waals surface area contributed by atoms with Crippen molar-refractivity contribution in [3.8, 4) is 0 Å². The Bertz CT molecular complexity index is 951. The molecule has 0 aliphatic heterocycles. The molecule has 4 heterocycles. The summed E-state index contributed by atoms with van der Waals surface area (Å²) in [4.78, 5) is 12.9. The molecule has 0 radical (unpaired) electrons. The number of nitrogens with zero attached hydrogens (tertiary/aromatic N) is 7. The highest BCUT2D eigenvalue weighted by atomic mass is 15.3. The van der Waals surface area contributed by atoms with Gasteiger partial charge >= 0.3 is 0 Å². The van der Waals surface area contributed by atoms with E-state index in [1.807, 2.05) is 26.2 Å². The number of aromatic nitrogens is 7. The number of nitrogens with one attached hydrogen (secondary N) is 1. The normalized spacial score (nSPS) is 11.3. The molecule has 21 heavy (non-hydrogen) atoms. The molecule has 4 aromatic heterocycles. The number of hydrogen-bond donors (Lipinski definition) is 1. The molecule has 0 saturated carbocycles. The summed E-state index contributed by atoms with van der Waals surface area (Å²) in [7, 11) is 1.86. The molecule has 0 spiro atoms. The van der Waals surface area contributed by atoms with E-state index in [-0.39, 0.29) is 0 Å². The lowest BCUT2D eigenvalue weighted by molar-refractivity contribution is 0.795. The van der Waals surface area contributed by atoms with E-state index in [1.54, 1.807) is 21.6 Å².